The highest BCUT2D eigenvalue weighted by atomic mass is 32.2. The molecule has 1 N–H and O–H groups in total. The average Bonchev–Trinajstić information content (AvgIpc) is 2.54. The van der Waals surface area contributed by atoms with Gasteiger partial charge in [0.25, 0.3) is 0 Å². The molecule has 0 saturated carbocycles. The largest absolute Gasteiger partial charge is 0.497 e. The molecule has 0 aromatic heterocycles. The van der Waals surface area contributed by atoms with E-state index >= 15 is 0 Å². The first-order chi connectivity index (χ1) is 10.7. The molecule has 0 aliphatic carbocycles. The molecular weight excluding hydrogens is 292 g/mol. The van der Waals surface area contributed by atoms with Crippen LogP contribution in [0.25, 0.3) is 0 Å². The second-order valence-corrected chi connectivity index (χ2v) is 6.76. The van der Waals surface area contributed by atoms with Crippen LogP contribution in [0, 0.1) is 5.92 Å². The van der Waals surface area contributed by atoms with Gasteiger partial charge in [0.05, 0.1) is 18.5 Å². The fourth-order valence-corrected chi connectivity index (χ4v) is 3.93. The summed E-state index contributed by atoms with van der Waals surface area (Å²) in [6.45, 7) is 4.27. The number of nitrogens with zero attached hydrogens (tertiary/aromatic N) is 1. The van der Waals surface area contributed by atoms with E-state index in [0.29, 0.717) is 5.92 Å². The number of anilines is 2. The summed E-state index contributed by atoms with van der Waals surface area (Å²) in [7, 11) is 3.73. The summed E-state index contributed by atoms with van der Waals surface area (Å²) in [5, 5.41) is 3.27. The molecule has 3 rings (SSSR count). The number of ether oxygens (including phenoxy) is 1. The van der Waals surface area contributed by atoms with Crippen molar-refractivity contribution in [1.82, 2.24) is 5.32 Å². The maximum Gasteiger partial charge on any atom is 0.121 e. The number of benzene rings is 2. The van der Waals surface area contributed by atoms with Crippen LogP contribution in [0.15, 0.2) is 52.3 Å². The van der Waals surface area contributed by atoms with Crippen LogP contribution in [-0.2, 0) is 0 Å². The van der Waals surface area contributed by atoms with Crippen LogP contribution in [0.3, 0.4) is 0 Å². The lowest BCUT2D eigenvalue weighted by molar-refractivity contribution is 0.414. The van der Waals surface area contributed by atoms with E-state index in [1.54, 1.807) is 7.11 Å². The van der Waals surface area contributed by atoms with Crippen molar-refractivity contribution in [2.45, 2.75) is 16.7 Å². The smallest absolute Gasteiger partial charge is 0.121 e. The van der Waals surface area contributed by atoms with Gasteiger partial charge < -0.3 is 15.0 Å². The lowest BCUT2D eigenvalue weighted by Gasteiger charge is -2.34. The van der Waals surface area contributed by atoms with Gasteiger partial charge in [-0.05, 0) is 43.8 Å². The van der Waals surface area contributed by atoms with Gasteiger partial charge in [0.2, 0.25) is 0 Å². The molecule has 2 aromatic carbocycles. The number of nitrogens with one attached hydrogen (secondary N) is 1. The van der Waals surface area contributed by atoms with Crippen molar-refractivity contribution < 1.29 is 4.74 Å². The molecule has 0 spiro atoms. The first-order valence-electron chi connectivity index (χ1n) is 7.60. The molecule has 116 valence electrons. The molecule has 0 radical (unpaired) electrons. The lowest BCUT2D eigenvalue weighted by atomic mass is 10.1. The Morgan fingerprint density at radius 2 is 1.91 bits per heavy atom. The van der Waals surface area contributed by atoms with Gasteiger partial charge in [-0.15, -0.1) is 0 Å². The quantitative estimate of drug-likeness (QED) is 0.896. The second kappa shape index (κ2) is 6.63. The second-order valence-electron chi connectivity index (χ2n) is 5.68. The average molecular weight is 314 g/mol. The monoisotopic (exact) mass is 314 g/mol. The maximum atomic E-state index is 5.42. The zero-order valence-electron chi connectivity index (χ0n) is 13.3. The highest BCUT2D eigenvalue weighted by Crippen LogP contribution is 2.49. The summed E-state index contributed by atoms with van der Waals surface area (Å²) < 4.78 is 5.42. The minimum atomic E-state index is 0.556. The highest BCUT2D eigenvalue weighted by Gasteiger charge is 2.24. The minimum absolute atomic E-state index is 0.556. The van der Waals surface area contributed by atoms with Crippen molar-refractivity contribution in [3.63, 3.8) is 0 Å². The molecule has 4 heteroatoms. The van der Waals surface area contributed by atoms with E-state index in [-0.39, 0.29) is 0 Å². The molecule has 0 bridgehead atoms. The molecule has 22 heavy (non-hydrogen) atoms. The summed E-state index contributed by atoms with van der Waals surface area (Å²) in [4.78, 5) is 5.03. The van der Waals surface area contributed by atoms with Crippen LogP contribution in [0.5, 0.6) is 5.75 Å². The highest BCUT2D eigenvalue weighted by molar-refractivity contribution is 7.99. The number of fused-ring (bicyclic) bond motifs is 2. The summed E-state index contributed by atoms with van der Waals surface area (Å²) in [6.07, 6.45) is 0. The standard InChI is InChI=1S/C18H22N2OS/c1-13(11-19-2)12-20-15-6-4-5-7-17(15)22-18-9-8-14(21-3)10-16(18)20/h4-10,13,19H,11-12H2,1-3H3. The number of hydrogen-bond donors (Lipinski definition) is 1. The van der Waals surface area contributed by atoms with Gasteiger partial charge in [-0.2, -0.15) is 0 Å². The Bertz CT molecular complexity index is 659. The third-order valence-corrected chi connectivity index (χ3v) is 5.01. The molecule has 0 amide bonds. The molecule has 1 aliphatic rings. The Labute approximate surface area is 136 Å². The zero-order chi connectivity index (χ0) is 15.5. The fourth-order valence-electron chi connectivity index (χ4n) is 2.86. The number of rotatable bonds is 5. The SMILES string of the molecule is CNCC(C)CN1c2ccccc2Sc2ccc(OC)cc21. The molecular formula is C18H22N2OS. The van der Waals surface area contributed by atoms with Crippen molar-refractivity contribution in [2.24, 2.45) is 5.92 Å². The molecule has 0 saturated heterocycles. The Morgan fingerprint density at radius 3 is 2.68 bits per heavy atom. The van der Waals surface area contributed by atoms with Crippen LogP contribution in [0.4, 0.5) is 11.4 Å². The lowest BCUT2D eigenvalue weighted by Crippen LogP contribution is -2.30. The topological polar surface area (TPSA) is 24.5 Å². The van der Waals surface area contributed by atoms with Gasteiger partial charge in [0.1, 0.15) is 5.75 Å². The first kappa shape index (κ1) is 15.3. The Hall–Kier alpha value is -1.65. The van der Waals surface area contributed by atoms with Gasteiger partial charge in [0, 0.05) is 22.4 Å². The molecule has 1 unspecified atom stereocenters. The van der Waals surface area contributed by atoms with Crippen LogP contribution in [0.1, 0.15) is 6.92 Å². The van der Waals surface area contributed by atoms with E-state index in [0.717, 1.165) is 18.8 Å². The maximum absolute atomic E-state index is 5.42. The number of hydrogen-bond acceptors (Lipinski definition) is 4. The molecule has 1 aliphatic heterocycles. The predicted octanol–water partition coefficient (Wildman–Crippen LogP) is 4.15. The normalized spacial score (nSPS) is 14.2. The van der Waals surface area contributed by atoms with Crippen molar-refractivity contribution in [3.8, 4) is 5.75 Å². The van der Waals surface area contributed by atoms with Crippen molar-refractivity contribution >= 4 is 23.1 Å². The van der Waals surface area contributed by atoms with Gasteiger partial charge >= 0.3 is 0 Å². The Kier molecular flexibility index (Phi) is 4.60. The summed E-state index contributed by atoms with van der Waals surface area (Å²) >= 11 is 1.83. The Balaban J connectivity index is 2.02. The van der Waals surface area contributed by atoms with E-state index in [4.69, 9.17) is 4.74 Å². The van der Waals surface area contributed by atoms with Gasteiger partial charge in [-0.1, -0.05) is 30.8 Å². The van der Waals surface area contributed by atoms with Gasteiger partial charge in [-0.3, -0.25) is 0 Å². The van der Waals surface area contributed by atoms with Crippen molar-refractivity contribution in [1.29, 1.82) is 0 Å². The fraction of sp³-hybridized carbons (Fsp3) is 0.333. The summed E-state index contributed by atoms with van der Waals surface area (Å²) in [6, 6.07) is 15.0. The predicted molar refractivity (Wildman–Crippen MR) is 93.7 cm³/mol. The summed E-state index contributed by atoms with van der Waals surface area (Å²) in [5.41, 5.74) is 2.53. The minimum Gasteiger partial charge on any atom is -0.497 e. The summed E-state index contributed by atoms with van der Waals surface area (Å²) in [5.74, 6) is 1.46. The molecule has 3 nitrogen and oxygen atoms in total. The Morgan fingerprint density at radius 1 is 1.14 bits per heavy atom. The van der Waals surface area contributed by atoms with Crippen LogP contribution in [-0.4, -0.2) is 27.2 Å². The van der Waals surface area contributed by atoms with E-state index in [9.17, 15) is 0 Å². The molecule has 1 atom stereocenters. The number of para-hydroxylation sites is 1. The van der Waals surface area contributed by atoms with E-state index in [1.807, 2.05) is 24.9 Å². The molecule has 0 fully saturated rings. The molecule has 1 heterocycles. The van der Waals surface area contributed by atoms with Crippen LogP contribution in [0.2, 0.25) is 0 Å². The number of methoxy groups -OCH3 is 1. The van der Waals surface area contributed by atoms with Gasteiger partial charge in [-0.25, -0.2) is 0 Å². The first-order valence-corrected chi connectivity index (χ1v) is 8.41. The van der Waals surface area contributed by atoms with Crippen LogP contribution < -0.4 is 15.0 Å². The van der Waals surface area contributed by atoms with Crippen LogP contribution >= 0.6 is 11.8 Å². The van der Waals surface area contributed by atoms with Crippen molar-refractivity contribution in [3.05, 3.63) is 42.5 Å². The van der Waals surface area contributed by atoms with E-state index < -0.39 is 0 Å². The zero-order valence-corrected chi connectivity index (χ0v) is 14.1. The third-order valence-electron chi connectivity index (χ3n) is 3.88. The van der Waals surface area contributed by atoms with E-state index in [2.05, 4.69) is 53.5 Å². The van der Waals surface area contributed by atoms with Gasteiger partial charge in [0.15, 0.2) is 0 Å². The van der Waals surface area contributed by atoms with Crippen molar-refractivity contribution in [2.75, 3.05) is 32.1 Å². The molecule has 2 aromatic rings. The van der Waals surface area contributed by atoms with E-state index in [1.165, 1.54) is 21.2 Å². The third kappa shape index (κ3) is 2.94.